The second-order valence-electron chi connectivity index (χ2n) is 8.79. The number of nitrogens with zero attached hydrogens (tertiary/aromatic N) is 6. The van der Waals surface area contributed by atoms with Crippen LogP contribution in [0.15, 0.2) is 61.3 Å². The molecule has 0 radical (unpaired) electrons. The van der Waals surface area contributed by atoms with Gasteiger partial charge < -0.3 is 15.2 Å². The molecule has 0 unspecified atom stereocenters. The van der Waals surface area contributed by atoms with Crippen LogP contribution >= 0.6 is 0 Å². The lowest BCUT2D eigenvalue weighted by atomic mass is 10.1. The molecule has 1 saturated heterocycles. The van der Waals surface area contributed by atoms with Gasteiger partial charge in [-0.15, -0.1) is 0 Å². The highest BCUT2D eigenvalue weighted by atomic mass is 16.1. The summed E-state index contributed by atoms with van der Waals surface area (Å²) in [6.45, 7) is 2.08. The van der Waals surface area contributed by atoms with Crippen LogP contribution in [-0.2, 0) is 0 Å². The number of nitrogens with one attached hydrogen (secondary N) is 2. The minimum absolute atomic E-state index is 0.233. The van der Waals surface area contributed by atoms with Crippen LogP contribution in [0.25, 0.3) is 33.2 Å². The number of anilines is 1. The highest BCUT2D eigenvalue weighted by Gasteiger charge is 2.20. The summed E-state index contributed by atoms with van der Waals surface area (Å²) in [5.41, 5.74) is 4.87. The largest absolute Gasteiger partial charge is 0.360 e. The molecule has 0 spiro atoms. The smallest absolute Gasteiger partial charge is 0.260 e. The lowest BCUT2D eigenvalue weighted by molar-refractivity contribution is 0.102. The first-order chi connectivity index (χ1) is 16.6. The fourth-order valence-electron chi connectivity index (χ4n) is 4.42. The lowest BCUT2D eigenvalue weighted by Gasteiger charge is -2.28. The van der Waals surface area contributed by atoms with E-state index in [1.54, 1.807) is 18.5 Å². The summed E-state index contributed by atoms with van der Waals surface area (Å²) in [5.74, 6) is 0.218. The van der Waals surface area contributed by atoms with Crippen LogP contribution in [0.3, 0.4) is 0 Å². The number of pyridine rings is 3. The van der Waals surface area contributed by atoms with Crippen LogP contribution in [0.5, 0.6) is 0 Å². The molecule has 6 heterocycles. The molecule has 1 fully saturated rings. The Morgan fingerprint density at radius 3 is 2.82 bits per heavy atom. The molecule has 1 amide bonds. The molecule has 1 aliphatic rings. The highest BCUT2D eigenvalue weighted by molar-refractivity contribution is 6.04. The third kappa shape index (κ3) is 3.90. The zero-order valence-electron chi connectivity index (χ0n) is 18.8. The number of fused-ring (bicyclic) bond motifs is 2. The molecule has 5 aromatic rings. The normalized spacial score (nSPS) is 15.2. The molecular formula is C25H24N8O. The van der Waals surface area contributed by atoms with Gasteiger partial charge in [0.25, 0.3) is 5.91 Å². The van der Waals surface area contributed by atoms with Crippen LogP contribution in [0.1, 0.15) is 29.2 Å². The van der Waals surface area contributed by atoms with Gasteiger partial charge in [0, 0.05) is 41.8 Å². The van der Waals surface area contributed by atoms with E-state index in [2.05, 4.69) is 37.3 Å². The molecule has 1 aliphatic heterocycles. The van der Waals surface area contributed by atoms with E-state index in [0.717, 1.165) is 59.1 Å². The molecule has 6 rings (SSSR count). The number of carbonyl (C=O) groups is 1. The second kappa shape index (κ2) is 8.35. The SMILES string of the molecule is CN1CCC(n2cc(C(=O)Nc3cc4nc(-c5cnc6cc[nH]c6c5)ccc4cn3)cn2)CC1. The fraction of sp³-hybridized carbons (Fsp3) is 0.240. The number of aromatic nitrogens is 6. The van der Waals surface area contributed by atoms with Crippen molar-refractivity contribution in [1.29, 1.82) is 0 Å². The van der Waals surface area contributed by atoms with Crippen molar-refractivity contribution in [2.45, 2.75) is 18.9 Å². The van der Waals surface area contributed by atoms with Gasteiger partial charge in [0.1, 0.15) is 5.82 Å². The highest BCUT2D eigenvalue weighted by Crippen LogP contribution is 2.25. The number of likely N-dealkylation sites (tertiary alicyclic amines) is 1. The number of amides is 1. The van der Waals surface area contributed by atoms with E-state index in [0.29, 0.717) is 17.4 Å². The molecular weight excluding hydrogens is 428 g/mol. The van der Waals surface area contributed by atoms with Gasteiger partial charge in [-0.3, -0.25) is 14.5 Å². The first kappa shape index (κ1) is 20.5. The number of hydrogen-bond acceptors (Lipinski definition) is 6. The lowest BCUT2D eigenvalue weighted by Crippen LogP contribution is -2.31. The van der Waals surface area contributed by atoms with E-state index in [1.165, 1.54) is 0 Å². The molecule has 2 N–H and O–H groups in total. The number of aromatic amines is 1. The quantitative estimate of drug-likeness (QED) is 0.429. The Labute approximate surface area is 195 Å². The summed E-state index contributed by atoms with van der Waals surface area (Å²) in [7, 11) is 2.13. The molecule has 0 bridgehead atoms. The molecule has 0 aromatic carbocycles. The van der Waals surface area contributed by atoms with Crippen LogP contribution in [-0.4, -0.2) is 60.7 Å². The Morgan fingerprint density at radius 1 is 1.06 bits per heavy atom. The molecule has 9 nitrogen and oxygen atoms in total. The van der Waals surface area contributed by atoms with E-state index in [4.69, 9.17) is 4.98 Å². The van der Waals surface area contributed by atoms with Gasteiger partial charge in [0.05, 0.1) is 40.0 Å². The molecule has 0 atom stereocenters. The average molecular weight is 453 g/mol. The number of rotatable bonds is 4. The van der Waals surface area contributed by atoms with Gasteiger partial charge in [-0.05, 0) is 57.2 Å². The van der Waals surface area contributed by atoms with Crippen molar-refractivity contribution in [3.8, 4) is 11.3 Å². The van der Waals surface area contributed by atoms with Crippen LogP contribution in [0.4, 0.5) is 5.82 Å². The summed E-state index contributed by atoms with van der Waals surface area (Å²) in [4.78, 5) is 32.0. The second-order valence-corrected chi connectivity index (χ2v) is 8.79. The summed E-state index contributed by atoms with van der Waals surface area (Å²) >= 11 is 0. The van der Waals surface area contributed by atoms with E-state index in [1.807, 2.05) is 47.5 Å². The minimum Gasteiger partial charge on any atom is -0.360 e. The molecule has 34 heavy (non-hydrogen) atoms. The van der Waals surface area contributed by atoms with Gasteiger partial charge in [0.15, 0.2) is 0 Å². The zero-order chi connectivity index (χ0) is 23.1. The summed E-state index contributed by atoms with van der Waals surface area (Å²) in [6.07, 6.45) is 10.9. The number of carbonyl (C=O) groups excluding carboxylic acids is 1. The maximum absolute atomic E-state index is 12.8. The molecule has 170 valence electrons. The van der Waals surface area contributed by atoms with E-state index >= 15 is 0 Å². The van der Waals surface area contributed by atoms with Gasteiger partial charge >= 0.3 is 0 Å². The Kier molecular flexibility index (Phi) is 5.03. The topological polar surface area (TPSA) is 105 Å². The molecule has 0 aliphatic carbocycles. The van der Waals surface area contributed by atoms with E-state index in [-0.39, 0.29) is 5.91 Å². The maximum atomic E-state index is 12.8. The maximum Gasteiger partial charge on any atom is 0.260 e. The Bertz CT molecular complexity index is 1500. The van der Waals surface area contributed by atoms with Crippen molar-refractivity contribution in [3.63, 3.8) is 0 Å². The molecule has 9 heteroatoms. The Balaban J connectivity index is 1.22. The van der Waals surface area contributed by atoms with Crippen molar-refractivity contribution in [3.05, 3.63) is 66.9 Å². The van der Waals surface area contributed by atoms with Gasteiger partial charge in [-0.1, -0.05) is 0 Å². The third-order valence-electron chi connectivity index (χ3n) is 6.44. The van der Waals surface area contributed by atoms with Gasteiger partial charge in [0.2, 0.25) is 0 Å². The van der Waals surface area contributed by atoms with E-state index in [9.17, 15) is 4.79 Å². The van der Waals surface area contributed by atoms with Crippen LogP contribution in [0.2, 0.25) is 0 Å². The standard InChI is InChI=1S/C25H24N8O/c1-32-8-5-19(6-9-32)33-15-18(14-29-33)25(34)31-24-11-22-16(12-28-24)2-3-20(30-22)17-10-23-21(27-13-17)4-7-26-23/h2-4,7,10-15,19,26H,5-6,8-9H2,1H3,(H,28,31,34). The predicted molar refractivity (Wildman–Crippen MR) is 131 cm³/mol. The van der Waals surface area contributed by atoms with Crippen molar-refractivity contribution >= 4 is 33.7 Å². The van der Waals surface area contributed by atoms with Crippen molar-refractivity contribution in [2.75, 3.05) is 25.5 Å². The van der Waals surface area contributed by atoms with E-state index < -0.39 is 0 Å². The van der Waals surface area contributed by atoms with Crippen LogP contribution in [0, 0.1) is 0 Å². The zero-order valence-corrected chi connectivity index (χ0v) is 18.8. The summed E-state index contributed by atoms with van der Waals surface area (Å²) < 4.78 is 1.92. The summed E-state index contributed by atoms with van der Waals surface area (Å²) in [6, 6.07) is 10.0. The molecule has 5 aromatic heterocycles. The van der Waals surface area contributed by atoms with Gasteiger partial charge in [-0.25, -0.2) is 9.97 Å². The monoisotopic (exact) mass is 452 g/mol. The van der Waals surface area contributed by atoms with Crippen molar-refractivity contribution < 1.29 is 4.79 Å². The third-order valence-corrected chi connectivity index (χ3v) is 6.44. The summed E-state index contributed by atoms with van der Waals surface area (Å²) in [5, 5.41) is 8.22. The van der Waals surface area contributed by atoms with Crippen molar-refractivity contribution in [2.24, 2.45) is 0 Å². The predicted octanol–water partition coefficient (Wildman–Crippen LogP) is 3.89. The fourth-order valence-corrected chi connectivity index (χ4v) is 4.42. The number of H-pyrrole nitrogens is 1. The number of piperidine rings is 1. The first-order valence-corrected chi connectivity index (χ1v) is 11.4. The Morgan fingerprint density at radius 2 is 1.94 bits per heavy atom. The molecule has 0 saturated carbocycles. The van der Waals surface area contributed by atoms with Gasteiger partial charge in [-0.2, -0.15) is 5.10 Å². The number of hydrogen-bond donors (Lipinski definition) is 2. The Hall–Kier alpha value is -4.11. The van der Waals surface area contributed by atoms with Crippen molar-refractivity contribution in [1.82, 2.24) is 34.6 Å². The first-order valence-electron chi connectivity index (χ1n) is 11.4. The van der Waals surface area contributed by atoms with Crippen LogP contribution < -0.4 is 5.32 Å². The minimum atomic E-state index is -0.233. The average Bonchev–Trinajstić information content (AvgIpc) is 3.54.